The van der Waals surface area contributed by atoms with Crippen LogP contribution in [0, 0.1) is 13.8 Å². The minimum atomic E-state index is 0.767. The first-order valence-electron chi connectivity index (χ1n) is 5.56. The van der Waals surface area contributed by atoms with Gasteiger partial charge in [0.2, 0.25) is 0 Å². The van der Waals surface area contributed by atoms with Crippen molar-refractivity contribution in [3.8, 4) is 0 Å². The lowest BCUT2D eigenvalue weighted by atomic mass is 10.2. The van der Waals surface area contributed by atoms with Crippen LogP contribution in [0.25, 0.3) is 0 Å². The number of benzene rings is 1. The number of halogens is 1. The molecule has 4 heteroatoms. The zero-order valence-electron chi connectivity index (χ0n) is 9.96. The lowest BCUT2D eigenvalue weighted by Gasteiger charge is -2.08. The fourth-order valence-corrected chi connectivity index (χ4v) is 2.55. The highest BCUT2D eigenvalue weighted by molar-refractivity contribution is 7.09. The maximum absolute atomic E-state index is 5.97. The second kappa shape index (κ2) is 5.52. The second-order valence-corrected chi connectivity index (χ2v) is 5.40. The summed E-state index contributed by atoms with van der Waals surface area (Å²) >= 11 is 7.68. The summed E-state index contributed by atoms with van der Waals surface area (Å²) in [6.45, 7) is 4.98. The van der Waals surface area contributed by atoms with E-state index in [1.165, 1.54) is 10.6 Å². The van der Waals surface area contributed by atoms with E-state index in [9.17, 15) is 0 Å². The van der Waals surface area contributed by atoms with Gasteiger partial charge in [-0.15, -0.1) is 11.3 Å². The Hall–Kier alpha value is -1.06. The van der Waals surface area contributed by atoms with Gasteiger partial charge in [-0.25, -0.2) is 4.98 Å². The van der Waals surface area contributed by atoms with E-state index in [1.54, 1.807) is 11.3 Å². The third kappa shape index (κ3) is 3.45. The number of aryl methyl sites for hydroxylation is 2. The number of nitrogens with zero attached hydrogens (tertiary/aromatic N) is 1. The Morgan fingerprint density at radius 3 is 2.88 bits per heavy atom. The molecule has 0 saturated carbocycles. The van der Waals surface area contributed by atoms with Crippen molar-refractivity contribution in [3.05, 3.63) is 44.9 Å². The summed E-state index contributed by atoms with van der Waals surface area (Å²) in [5.74, 6) is 0. The summed E-state index contributed by atoms with van der Waals surface area (Å²) in [5, 5.41) is 7.42. The first-order chi connectivity index (χ1) is 8.15. The minimum Gasteiger partial charge on any atom is -0.384 e. The van der Waals surface area contributed by atoms with Crippen molar-refractivity contribution in [2.75, 3.05) is 11.9 Å². The highest BCUT2D eigenvalue weighted by Gasteiger charge is 2.01. The van der Waals surface area contributed by atoms with E-state index < -0.39 is 0 Å². The number of anilines is 1. The molecule has 1 N–H and O–H groups in total. The molecule has 0 unspecified atom stereocenters. The molecule has 0 radical (unpaired) electrons. The molecule has 17 heavy (non-hydrogen) atoms. The van der Waals surface area contributed by atoms with E-state index in [0.29, 0.717) is 0 Å². The molecule has 0 bridgehead atoms. The van der Waals surface area contributed by atoms with Gasteiger partial charge in [0.05, 0.1) is 5.01 Å². The minimum absolute atomic E-state index is 0.767. The van der Waals surface area contributed by atoms with Gasteiger partial charge in [0, 0.05) is 34.7 Å². The van der Waals surface area contributed by atoms with Crippen LogP contribution in [0.15, 0.2) is 23.6 Å². The molecule has 0 aliphatic rings. The predicted octanol–water partition coefficient (Wildman–Crippen LogP) is 4.07. The molecule has 2 rings (SSSR count). The van der Waals surface area contributed by atoms with Gasteiger partial charge in [-0.2, -0.15) is 0 Å². The Labute approximate surface area is 111 Å². The second-order valence-electron chi connectivity index (χ2n) is 4.02. The lowest BCUT2D eigenvalue weighted by Crippen LogP contribution is -2.05. The predicted molar refractivity (Wildman–Crippen MR) is 75.2 cm³/mol. The third-order valence-corrected chi connectivity index (χ3v) is 3.78. The molecule has 2 nitrogen and oxygen atoms in total. The molecule has 0 fully saturated rings. The highest BCUT2D eigenvalue weighted by atomic mass is 35.5. The van der Waals surface area contributed by atoms with Crippen LogP contribution >= 0.6 is 22.9 Å². The first-order valence-corrected chi connectivity index (χ1v) is 6.82. The van der Waals surface area contributed by atoms with Crippen LogP contribution in [0.3, 0.4) is 0 Å². The normalized spacial score (nSPS) is 10.5. The Kier molecular flexibility index (Phi) is 4.02. The fourth-order valence-electron chi connectivity index (χ4n) is 1.61. The van der Waals surface area contributed by atoms with Crippen LogP contribution in [-0.4, -0.2) is 11.5 Å². The fraction of sp³-hybridized carbons (Fsp3) is 0.308. The van der Waals surface area contributed by atoms with Gasteiger partial charge in [-0.3, -0.25) is 0 Å². The van der Waals surface area contributed by atoms with Gasteiger partial charge >= 0.3 is 0 Å². The molecule has 1 aromatic heterocycles. The van der Waals surface area contributed by atoms with Crippen LogP contribution in [-0.2, 0) is 6.42 Å². The monoisotopic (exact) mass is 266 g/mol. The number of hydrogen-bond donors (Lipinski definition) is 1. The number of thiazole rings is 1. The van der Waals surface area contributed by atoms with Gasteiger partial charge in [0.15, 0.2) is 0 Å². The summed E-state index contributed by atoms with van der Waals surface area (Å²) in [5.41, 5.74) is 3.42. The summed E-state index contributed by atoms with van der Waals surface area (Å²) < 4.78 is 0. The summed E-state index contributed by atoms with van der Waals surface area (Å²) in [4.78, 5) is 4.43. The summed E-state index contributed by atoms with van der Waals surface area (Å²) in [6, 6.07) is 5.90. The molecule has 0 spiro atoms. The Morgan fingerprint density at radius 2 is 2.18 bits per heavy atom. The zero-order chi connectivity index (χ0) is 12.3. The maximum atomic E-state index is 5.97. The van der Waals surface area contributed by atoms with Gasteiger partial charge in [-0.1, -0.05) is 17.7 Å². The molecule has 2 aromatic rings. The molecule has 0 amide bonds. The van der Waals surface area contributed by atoms with Crippen molar-refractivity contribution < 1.29 is 0 Å². The van der Waals surface area contributed by atoms with Crippen molar-refractivity contribution in [2.24, 2.45) is 0 Å². The van der Waals surface area contributed by atoms with E-state index in [0.717, 1.165) is 29.4 Å². The van der Waals surface area contributed by atoms with E-state index in [-0.39, 0.29) is 0 Å². The Bertz CT molecular complexity index is 508. The van der Waals surface area contributed by atoms with E-state index >= 15 is 0 Å². The SMILES string of the molecule is Cc1csc(CCNc2cc(Cl)ccc2C)n1. The highest BCUT2D eigenvalue weighted by Crippen LogP contribution is 2.20. The number of aromatic nitrogens is 1. The molecule has 1 heterocycles. The number of nitrogens with one attached hydrogen (secondary N) is 1. The molecule has 0 saturated heterocycles. The molecule has 0 aliphatic heterocycles. The van der Waals surface area contributed by atoms with Gasteiger partial charge in [0.1, 0.15) is 0 Å². The van der Waals surface area contributed by atoms with E-state index in [4.69, 9.17) is 11.6 Å². The van der Waals surface area contributed by atoms with Gasteiger partial charge < -0.3 is 5.32 Å². The largest absolute Gasteiger partial charge is 0.384 e. The van der Waals surface area contributed by atoms with Crippen LogP contribution in [0.2, 0.25) is 5.02 Å². The quantitative estimate of drug-likeness (QED) is 0.902. The molecule has 1 aromatic carbocycles. The molecule has 0 aliphatic carbocycles. The van der Waals surface area contributed by atoms with Gasteiger partial charge in [0.25, 0.3) is 0 Å². The lowest BCUT2D eigenvalue weighted by molar-refractivity contribution is 0.985. The first kappa shape index (κ1) is 12.4. The zero-order valence-corrected chi connectivity index (χ0v) is 11.5. The number of rotatable bonds is 4. The maximum Gasteiger partial charge on any atom is 0.0945 e. The molecular formula is C13H15ClN2S. The third-order valence-electron chi connectivity index (χ3n) is 2.52. The average Bonchev–Trinajstić information content (AvgIpc) is 2.69. The summed E-state index contributed by atoms with van der Waals surface area (Å²) in [6.07, 6.45) is 0.949. The van der Waals surface area contributed by atoms with E-state index in [2.05, 4.69) is 22.6 Å². The van der Waals surface area contributed by atoms with Crippen molar-refractivity contribution in [1.29, 1.82) is 0 Å². The van der Waals surface area contributed by atoms with Gasteiger partial charge in [-0.05, 0) is 31.5 Å². The average molecular weight is 267 g/mol. The summed E-state index contributed by atoms with van der Waals surface area (Å²) in [7, 11) is 0. The topological polar surface area (TPSA) is 24.9 Å². The van der Waals surface area contributed by atoms with Crippen molar-refractivity contribution in [3.63, 3.8) is 0 Å². The molecular weight excluding hydrogens is 252 g/mol. The van der Waals surface area contributed by atoms with Crippen LogP contribution < -0.4 is 5.32 Å². The Morgan fingerprint density at radius 1 is 1.35 bits per heavy atom. The van der Waals surface area contributed by atoms with Crippen molar-refractivity contribution in [2.45, 2.75) is 20.3 Å². The number of hydrogen-bond acceptors (Lipinski definition) is 3. The molecule has 0 atom stereocenters. The van der Waals surface area contributed by atoms with Crippen molar-refractivity contribution in [1.82, 2.24) is 4.98 Å². The van der Waals surface area contributed by atoms with Crippen LogP contribution in [0.5, 0.6) is 0 Å². The molecule has 90 valence electrons. The smallest absolute Gasteiger partial charge is 0.0945 e. The Balaban J connectivity index is 1.91. The van der Waals surface area contributed by atoms with Crippen LogP contribution in [0.4, 0.5) is 5.69 Å². The van der Waals surface area contributed by atoms with Crippen LogP contribution in [0.1, 0.15) is 16.3 Å². The standard InChI is InChI=1S/C13H15ClN2S/c1-9-3-4-11(14)7-12(9)15-6-5-13-16-10(2)8-17-13/h3-4,7-8,15H,5-6H2,1-2H3. The van der Waals surface area contributed by atoms with Crippen molar-refractivity contribution >= 4 is 28.6 Å². The van der Waals surface area contributed by atoms with E-state index in [1.807, 2.05) is 25.1 Å².